The molecule has 3 aromatic heterocycles. The van der Waals surface area contributed by atoms with E-state index in [1.54, 1.807) is 65.3 Å². The molecule has 0 aliphatic carbocycles. The summed E-state index contributed by atoms with van der Waals surface area (Å²) in [6.07, 6.45) is 4.46. The Morgan fingerprint density at radius 2 is 1.90 bits per heavy atom. The van der Waals surface area contributed by atoms with Crippen molar-refractivity contribution in [3.05, 3.63) is 85.3 Å². The lowest BCUT2D eigenvalue weighted by Gasteiger charge is -2.06. The van der Waals surface area contributed by atoms with Gasteiger partial charge in [-0.05, 0) is 48.5 Å². The summed E-state index contributed by atoms with van der Waals surface area (Å²) in [6, 6.07) is 15.8. The lowest BCUT2D eigenvalue weighted by atomic mass is 10.1. The first kappa shape index (κ1) is 18.9. The molecule has 0 spiro atoms. The predicted molar refractivity (Wildman–Crippen MR) is 112 cm³/mol. The average molecular weight is 399 g/mol. The summed E-state index contributed by atoms with van der Waals surface area (Å²) in [6.45, 7) is 3.44. The second kappa shape index (κ2) is 7.88. The van der Waals surface area contributed by atoms with Crippen molar-refractivity contribution in [1.29, 1.82) is 0 Å². The van der Waals surface area contributed by atoms with Crippen molar-refractivity contribution in [2.45, 2.75) is 0 Å². The minimum Gasteiger partial charge on any atom is -0.439 e. The third-order valence-corrected chi connectivity index (χ3v) is 4.31. The molecule has 30 heavy (non-hydrogen) atoms. The molecule has 148 valence electrons. The number of imidazole rings is 1. The van der Waals surface area contributed by atoms with Crippen molar-refractivity contribution in [1.82, 2.24) is 14.4 Å². The Kier molecular flexibility index (Phi) is 4.96. The SMILES string of the molecule is C=CC(=O)Nc1cccn2c(C(N)=O)c(-c3ccc(Oc4ccccn4)cc3)nc12. The summed E-state index contributed by atoms with van der Waals surface area (Å²) in [5, 5.41) is 2.68. The van der Waals surface area contributed by atoms with Crippen LogP contribution in [0, 0.1) is 0 Å². The van der Waals surface area contributed by atoms with Gasteiger partial charge in [-0.3, -0.25) is 14.0 Å². The summed E-state index contributed by atoms with van der Waals surface area (Å²) >= 11 is 0. The molecule has 1 aromatic carbocycles. The molecule has 0 atom stereocenters. The third kappa shape index (κ3) is 3.61. The van der Waals surface area contributed by atoms with E-state index in [0.29, 0.717) is 34.2 Å². The molecule has 0 saturated carbocycles. The molecule has 2 amide bonds. The topological polar surface area (TPSA) is 112 Å². The summed E-state index contributed by atoms with van der Waals surface area (Å²) in [5.41, 5.74) is 7.74. The Labute approximate surface area is 171 Å². The first-order valence-electron chi connectivity index (χ1n) is 9.00. The lowest BCUT2D eigenvalue weighted by molar-refractivity contribution is -0.111. The van der Waals surface area contributed by atoms with Crippen LogP contribution in [0.15, 0.2) is 79.6 Å². The molecule has 0 unspecified atom stereocenters. The van der Waals surface area contributed by atoms with Crippen LogP contribution in [-0.2, 0) is 4.79 Å². The van der Waals surface area contributed by atoms with Gasteiger partial charge >= 0.3 is 0 Å². The zero-order valence-corrected chi connectivity index (χ0v) is 15.8. The Morgan fingerprint density at radius 1 is 1.10 bits per heavy atom. The Hall–Kier alpha value is -4.46. The normalized spacial score (nSPS) is 10.5. The van der Waals surface area contributed by atoms with Crippen LogP contribution in [0.5, 0.6) is 11.6 Å². The molecular weight excluding hydrogens is 382 g/mol. The average Bonchev–Trinajstić information content (AvgIpc) is 3.16. The van der Waals surface area contributed by atoms with Gasteiger partial charge in [-0.15, -0.1) is 0 Å². The number of nitrogens with two attached hydrogens (primary N) is 1. The van der Waals surface area contributed by atoms with Gasteiger partial charge in [-0.1, -0.05) is 12.6 Å². The van der Waals surface area contributed by atoms with Crippen LogP contribution in [0.1, 0.15) is 10.5 Å². The van der Waals surface area contributed by atoms with Gasteiger partial charge in [0.15, 0.2) is 5.65 Å². The number of aromatic nitrogens is 3. The van der Waals surface area contributed by atoms with Crippen LogP contribution in [0.2, 0.25) is 0 Å². The second-order valence-electron chi connectivity index (χ2n) is 6.28. The maximum absolute atomic E-state index is 12.2. The predicted octanol–water partition coefficient (Wildman–Crippen LogP) is 3.41. The fourth-order valence-electron chi connectivity index (χ4n) is 2.99. The third-order valence-electron chi connectivity index (χ3n) is 4.31. The second-order valence-corrected chi connectivity index (χ2v) is 6.28. The van der Waals surface area contributed by atoms with Crippen LogP contribution < -0.4 is 15.8 Å². The van der Waals surface area contributed by atoms with E-state index in [2.05, 4.69) is 21.9 Å². The number of nitrogens with one attached hydrogen (secondary N) is 1. The van der Waals surface area contributed by atoms with Gasteiger partial charge < -0.3 is 15.8 Å². The molecule has 0 aliphatic heterocycles. The number of hydrogen-bond acceptors (Lipinski definition) is 5. The summed E-state index contributed by atoms with van der Waals surface area (Å²) in [7, 11) is 0. The maximum Gasteiger partial charge on any atom is 0.268 e. The number of carbonyl (C=O) groups excluding carboxylic acids is 2. The summed E-state index contributed by atoms with van der Waals surface area (Å²) in [5.74, 6) is 0.0296. The number of ether oxygens (including phenoxy) is 1. The Bertz CT molecular complexity index is 1250. The standard InChI is InChI=1S/C22H17N5O3/c1-2-17(28)25-16-6-5-13-27-20(21(23)29)19(26-22(16)27)14-8-10-15(11-9-14)30-18-7-3-4-12-24-18/h2-13H,1H2,(H2,23,29)(H,25,28). The van der Waals surface area contributed by atoms with Crippen LogP contribution in [0.4, 0.5) is 5.69 Å². The van der Waals surface area contributed by atoms with Crippen LogP contribution >= 0.6 is 0 Å². The highest BCUT2D eigenvalue weighted by Crippen LogP contribution is 2.29. The van der Waals surface area contributed by atoms with E-state index in [-0.39, 0.29) is 11.6 Å². The van der Waals surface area contributed by atoms with E-state index < -0.39 is 5.91 Å². The minimum absolute atomic E-state index is 0.207. The molecule has 0 saturated heterocycles. The van der Waals surface area contributed by atoms with Crippen molar-refractivity contribution >= 4 is 23.1 Å². The number of nitrogens with zero attached hydrogens (tertiary/aromatic N) is 3. The number of hydrogen-bond donors (Lipinski definition) is 2. The fourth-order valence-corrected chi connectivity index (χ4v) is 2.99. The quantitative estimate of drug-likeness (QED) is 0.483. The first-order chi connectivity index (χ1) is 14.6. The van der Waals surface area contributed by atoms with Crippen LogP contribution in [-0.4, -0.2) is 26.2 Å². The zero-order chi connectivity index (χ0) is 21.1. The fraction of sp³-hybridized carbons (Fsp3) is 0. The van der Waals surface area contributed by atoms with Crippen molar-refractivity contribution < 1.29 is 14.3 Å². The molecule has 0 radical (unpaired) electrons. The van der Waals surface area contributed by atoms with E-state index in [4.69, 9.17) is 10.5 Å². The minimum atomic E-state index is -0.640. The highest BCUT2D eigenvalue weighted by molar-refractivity contribution is 6.03. The zero-order valence-electron chi connectivity index (χ0n) is 15.8. The van der Waals surface area contributed by atoms with Gasteiger partial charge in [0.05, 0.1) is 5.69 Å². The number of carbonyl (C=O) groups is 2. The van der Waals surface area contributed by atoms with Gasteiger partial charge in [-0.2, -0.15) is 0 Å². The number of amides is 2. The molecular formula is C22H17N5O3. The highest BCUT2D eigenvalue weighted by atomic mass is 16.5. The number of rotatable bonds is 6. The van der Waals surface area contributed by atoms with E-state index in [9.17, 15) is 9.59 Å². The van der Waals surface area contributed by atoms with Gasteiger partial charge in [0.1, 0.15) is 17.1 Å². The van der Waals surface area contributed by atoms with Gasteiger partial charge in [0.2, 0.25) is 11.8 Å². The van der Waals surface area contributed by atoms with Crippen LogP contribution in [0.25, 0.3) is 16.9 Å². The molecule has 8 nitrogen and oxygen atoms in total. The Morgan fingerprint density at radius 3 is 2.57 bits per heavy atom. The van der Waals surface area contributed by atoms with E-state index in [1.807, 2.05) is 6.07 Å². The Balaban J connectivity index is 1.75. The molecule has 0 fully saturated rings. The highest BCUT2D eigenvalue weighted by Gasteiger charge is 2.20. The maximum atomic E-state index is 12.2. The molecule has 8 heteroatoms. The molecule has 4 aromatic rings. The van der Waals surface area contributed by atoms with Gasteiger partial charge in [0, 0.05) is 24.0 Å². The van der Waals surface area contributed by atoms with Gasteiger partial charge in [-0.25, -0.2) is 9.97 Å². The van der Waals surface area contributed by atoms with E-state index in [0.717, 1.165) is 6.08 Å². The number of anilines is 1. The van der Waals surface area contributed by atoms with Gasteiger partial charge in [0.25, 0.3) is 5.91 Å². The molecule has 3 heterocycles. The number of pyridine rings is 2. The van der Waals surface area contributed by atoms with Crippen molar-refractivity contribution in [3.63, 3.8) is 0 Å². The number of primary amides is 1. The van der Waals surface area contributed by atoms with Crippen LogP contribution in [0.3, 0.4) is 0 Å². The summed E-state index contributed by atoms with van der Waals surface area (Å²) in [4.78, 5) is 32.6. The molecule has 3 N–H and O–H groups in total. The number of benzene rings is 1. The van der Waals surface area contributed by atoms with E-state index >= 15 is 0 Å². The molecule has 4 rings (SSSR count). The lowest BCUT2D eigenvalue weighted by Crippen LogP contribution is -2.15. The van der Waals surface area contributed by atoms with Crippen molar-refractivity contribution in [3.8, 4) is 22.9 Å². The molecule has 0 bridgehead atoms. The summed E-state index contributed by atoms with van der Waals surface area (Å²) < 4.78 is 7.25. The number of fused-ring (bicyclic) bond motifs is 1. The first-order valence-corrected chi connectivity index (χ1v) is 9.00. The largest absolute Gasteiger partial charge is 0.439 e. The molecule has 0 aliphatic rings. The smallest absolute Gasteiger partial charge is 0.268 e. The monoisotopic (exact) mass is 399 g/mol. The van der Waals surface area contributed by atoms with Crippen molar-refractivity contribution in [2.75, 3.05) is 5.32 Å². The van der Waals surface area contributed by atoms with E-state index in [1.165, 1.54) is 0 Å². The van der Waals surface area contributed by atoms with Crippen molar-refractivity contribution in [2.24, 2.45) is 5.73 Å².